The third kappa shape index (κ3) is 4.64. The monoisotopic (exact) mass is 381 g/mol. The molecular weight excluding hydrogens is 354 g/mol. The van der Waals surface area contributed by atoms with E-state index in [0.717, 1.165) is 49.8 Å². The van der Waals surface area contributed by atoms with Gasteiger partial charge in [-0.25, -0.2) is 0 Å². The van der Waals surface area contributed by atoms with Gasteiger partial charge in [0.15, 0.2) is 11.5 Å². The topological polar surface area (TPSA) is 54.0 Å². The summed E-state index contributed by atoms with van der Waals surface area (Å²) < 4.78 is 10.7. The molecule has 0 aromatic heterocycles. The van der Waals surface area contributed by atoms with Crippen LogP contribution < -0.4 is 14.8 Å². The third-order valence-electron chi connectivity index (χ3n) is 5.41. The lowest BCUT2D eigenvalue weighted by Crippen LogP contribution is -2.49. The Morgan fingerprint density at radius 2 is 1.75 bits per heavy atom. The predicted octanol–water partition coefficient (Wildman–Crippen LogP) is 2.16. The molecule has 1 fully saturated rings. The van der Waals surface area contributed by atoms with Crippen molar-refractivity contribution in [3.63, 3.8) is 0 Å². The van der Waals surface area contributed by atoms with Crippen LogP contribution in [0.1, 0.15) is 16.7 Å². The Kier molecular flexibility index (Phi) is 5.78. The Morgan fingerprint density at radius 3 is 2.57 bits per heavy atom. The van der Waals surface area contributed by atoms with Crippen molar-refractivity contribution < 1.29 is 14.3 Å². The van der Waals surface area contributed by atoms with Gasteiger partial charge in [-0.2, -0.15) is 0 Å². The van der Waals surface area contributed by atoms with Gasteiger partial charge in [0.1, 0.15) is 0 Å². The first-order valence-electron chi connectivity index (χ1n) is 9.82. The Morgan fingerprint density at radius 1 is 1.00 bits per heavy atom. The van der Waals surface area contributed by atoms with Crippen LogP contribution >= 0.6 is 0 Å². The molecular formula is C22H27N3O3. The highest BCUT2D eigenvalue weighted by molar-refractivity contribution is 5.78. The fraction of sp³-hybridized carbons (Fsp3) is 0.409. The number of fused-ring (bicyclic) bond motifs is 1. The Bertz CT molecular complexity index is 832. The largest absolute Gasteiger partial charge is 0.454 e. The lowest BCUT2D eigenvalue weighted by Gasteiger charge is -2.34. The zero-order valence-electron chi connectivity index (χ0n) is 16.3. The van der Waals surface area contributed by atoms with Gasteiger partial charge in [-0.05, 0) is 35.7 Å². The molecule has 6 nitrogen and oxygen atoms in total. The smallest absolute Gasteiger partial charge is 0.234 e. The first-order valence-corrected chi connectivity index (χ1v) is 9.82. The van der Waals surface area contributed by atoms with E-state index < -0.39 is 0 Å². The van der Waals surface area contributed by atoms with E-state index in [1.54, 1.807) is 0 Å². The molecule has 0 aliphatic carbocycles. The number of nitrogens with one attached hydrogen (secondary N) is 1. The molecule has 0 bridgehead atoms. The number of hydrogen-bond acceptors (Lipinski definition) is 5. The summed E-state index contributed by atoms with van der Waals surface area (Å²) in [6.07, 6.45) is 0. The molecule has 0 radical (unpaired) electrons. The molecule has 2 aromatic carbocycles. The van der Waals surface area contributed by atoms with Gasteiger partial charge in [-0.15, -0.1) is 0 Å². The van der Waals surface area contributed by atoms with Crippen LogP contribution in [0.5, 0.6) is 11.5 Å². The predicted molar refractivity (Wildman–Crippen MR) is 107 cm³/mol. The number of rotatable bonds is 6. The lowest BCUT2D eigenvalue weighted by molar-refractivity contribution is -0.122. The fourth-order valence-electron chi connectivity index (χ4n) is 3.64. The van der Waals surface area contributed by atoms with Crippen LogP contribution in [0.15, 0.2) is 42.5 Å². The van der Waals surface area contributed by atoms with Crippen LogP contribution in [0.4, 0.5) is 0 Å². The molecule has 2 heterocycles. The van der Waals surface area contributed by atoms with Crippen molar-refractivity contribution in [2.24, 2.45) is 0 Å². The molecule has 4 rings (SSSR count). The average Bonchev–Trinajstić information content (AvgIpc) is 3.17. The van der Waals surface area contributed by atoms with Crippen LogP contribution in [0.2, 0.25) is 0 Å². The maximum Gasteiger partial charge on any atom is 0.234 e. The number of hydrogen-bond donors (Lipinski definition) is 1. The molecule has 6 heteroatoms. The van der Waals surface area contributed by atoms with Crippen LogP contribution in [0, 0.1) is 6.92 Å². The second kappa shape index (κ2) is 8.63. The van der Waals surface area contributed by atoms with Crippen LogP contribution in [-0.2, 0) is 17.9 Å². The number of ether oxygens (including phenoxy) is 2. The number of carbonyl (C=O) groups excluding carboxylic acids is 1. The first kappa shape index (κ1) is 18.8. The molecule has 28 heavy (non-hydrogen) atoms. The summed E-state index contributed by atoms with van der Waals surface area (Å²) in [4.78, 5) is 17.0. The number of carbonyl (C=O) groups is 1. The molecule has 0 spiro atoms. The number of piperazine rings is 1. The van der Waals surface area contributed by atoms with Crippen molar-refractivity contribution in [2.75, 3.05) is 39.5 Å². The molecule has 2 aliphatic heterocycles. The van der Waals surface area contributed by atoms with Crippen molar-refractivity contribution in [3.8, 4) is 11.5 Å². The molecule has 1 amide bonds. The lowest BCUT2D eigenvalue weighted by atomic mass is 10.1. The van der Waals surface area contributed by atoms with E-state index >= 15 is 0 Å². The summed E-state index contributed by atoms with van der Waals surface area (Å²) in [7, 11) is 0. The van der Waals surface area contributed by atoms with Gasteiger partial charge in [-0.1, -0.05) is 30.3 Å². The summed E-state index contributed by atoms with van der Waals surface area (Å²) in [5.74, 6) is 1.57. The quantitative estimate of drug-likeness (QED) is 0.831. The third-order valence-corrected chi connectivity index (χ3v) is 5.41. The van der Waals surface area contributed by atoms with E-state index in [9.17, 15) is 4.79 Å². The first-order chi connectivity index (χ1) is 13.7. The minimum Gasteiger partial charge on any atom is -0.454 e. The summed E-state index contributed by atoms with van der Waals surface area (Å²) in [5.41, 5.74) is 3.74. The highest BCUT2D eigenvalue weighted by atomic mass is 16.7. The van der Waals surface area contributed by atoms with Gasteiger partial charge in [0.2, 0.25) is 12.7 Å². The number of nitrogens with zero attached hydrogens (tertiary/aromatic N) is 2. The van der Waals surface area contributed by atoms with Crippen molar-refractivity contribution in [1.82, 2.24) is 15.1 Å². The minimum absolute atomic E-state index is 0.0602. The molecule has 0 atom stereocenters. The maximum atomic E-state index is 12.3. The second-order valence-corrected chi connectivity index (χ2v) is 7.44. The van der Waals surface area contributed by atoms with Gasteiger partial charge in [0.05, 0.1) is 6.54 Å². The number of amides is 1. The highest BCUT2D eigenvalue weighted by Gasteiger charge is 2.19. The SMILES string of the molecule is Cc1ccccc1CN1CCN(CC(=O)NCc2ccc3c(c2)OCO3)CC1. The highest BCUT2D eigenvalue weighted by Crippen LogP contribution is 2.32. The van der Waals surface area contributed by atoms with Gasteiger partial charge in [0, 0.05) is 39.3 Å². The normalized spacial score (nSPS) is 16.9. The fourth-order valence-corrected chi connectivity index (χ4v) is 3.64. The van der Waals surface area contributed by atoms with Crippen molar-refractivity contribution in [3.05, 3.63) is 59.2 Å². The Balaban J connectivity index is 1.19. The minimum atomic E-state index is 0.0602. The Hall–Kier alpha value is -2.57. The van der Waals surface area contributed by atoms with Gasteiger partial charge in [0.25, 0.3) is 0 Å². The summed E-state index contributed by atoms with van der Waals surface area (Å²) in [5, 5.41) is 3.01. The second-order valence-electron chi connectivity index (χ2n) is 7.44. The van der Waals surface area contributed by atoms with E-state index in [4.69, 9.17) is 9.47 Å². The van der Waals surface area contributed by atoms with Crippen LogP contribution in [0.3, 0.4) is 0 Å². The average molecular weight is 381 g/mol. The van der Waals surface area contributed by atoms with E-state index in [1.807, 2.05) is 18.2 Å². The van der Waals surface area contributed by atoms with Crippen LogP contribution in [-0.4, -0.2) is 55.2 Å². The van der Waals surface area contributed by atoms with Crippen molar-refractivity contribution in [1.29, 1.82) is 0 Å². The maximum absolute atomic E-state index is 12.3. The summed E-state index contributed by atoms with van der Waals surface area (Å²) in [6.45, 7) is 8.18. The number of aryl methyl sites for hydroxylation is 1. The molecule has 0 saturated carbocycles. The van der Waals surface area contributed by atoms with Gasteiger partial charge >= 0.3 is 0 Å². The van der Waals surface area contributed by atoms with Crippen LogP contribution in [0.25, 0.3) is 0 Å². The van der Waals surface area contributed by atoms with E-state index in [-0.39, 0.29) is 12.7 Å². The van der Waals surface area contributed by atoms with E-state index in [0.29, 0.717) is 13.1 Å². The Labute approximate surface area is 166 Å². The molecule has 0 unspecified atom stereocenters. The van der Waals surface area contributed by atoms with E-state index in [2.05, 4.69) is 46.3 Å². The van der Waals surface area contributed by atoms with Crippen molar-refractivity contribution >= 4 is 5.91 Å². The zero-order chi connectivity index (χ0) is 19.3. The molecule has 2 aliphatic rings. The van der Waals surface area contributed by atoms with Gasteiger partial charge < -0.3 is 14.8 Å². The van der Waals surface area contributed by atoms with E-state index in [1.165, 1.54) is 11.1 Å². The molecule has 2 aromatic rings. The van der Waals surface area contributed by atoms with Crippen molar-refractivity contribution in [2.45, 2.75) is 20.0 Å². The summed E-state index contributed by atoms with van der Waals surface area (Å²) in [6, 6.07) is 14.3. The molecule has 148 valence electrons. The zero-order valence-corrected chi connectivity index (χ0v) is 16.3. The number of benzene rings is 2. The standard InChI is InChI=1S/C22H27N3O3/c1-17-4-2-3-5-19(17)14-24-8-10-25(11-9-24)15-22(26)23-13-18-6-7-20-21(12-18)28-16-27-20/h2-7,12H,8-11,13-16H2,1H3,(H,23,26). The molecule has 1 N–H and O–H groups in total. The molecule has 1 saturated heterocycles. The summed E-state index contributed by atoms with van der Waals surface area (Å²) >= 11 is 0. The van der Waals surface area contributed by atoms with Gasteiger partial charge in [-0.3, -0.25) is 14.6 Å².